The van der Waals surface area contributed by atoms with Crippen molar-refractivity contribution in [1.29, 1.82) is 0 Å². The van der Waals surface area contributed by atoms with Crippen LogP contribution in [0.15, 0.2) is 18.2 Å². The van der Waals surface area contributed by atoms with Crippen LogP contribution in [0.3, 0.4) is 0 Å². The molecule has 4 aliphatic rings. The van der Waals surface area contributed by atoms with E-state index in [-0.39, 0.29) is 17.7 Å². The number of aromatic nitrogens is 1. The highest BCUT2D eigenvalue weighted by atomic mass is 16.5. The molecule has 2 amide bonds. The molecule has 6 heteroatoms. The van der Waals surface area contributed by atoms with Crippen molar-refractivity contribution in [2.75, 3.05) is 26.3 Å². The fourth-order valence-corrected chi connectivity index (χ4v) is 6.42. The van der Waals surface area contributed by atoms with Gasteiger partial charge in [0.15, 0.2) is 0 Å². The van der Waals surface area contributed by atoms with Crippen LogP contribution >= 0.6 is 0 Å². The van der Waals surface area contributed by atoms with Crippen molar-refractivity contribution in [2.45, 2.75) is 57.4 Å². The number of ether oxygens (including phenoxy) is 1. The van der Waals surface area contributed by atoms with Crippen molar-refractivity contribution in [3.63, 3.8) is 0 Å². The van der Waals surface area contributed by atoms with Crippen LogP contribution in [-0.2, 0) is 29.4 Å². The number of carbonyl (C=O) groups is 2. The van der Waals surface area contributed by atoms with E-state index in [0.717, 1.165) is 62.7 Å². The topological polar surface area (TPSA) is 63.6 Å². The lowest BCUT2D eigenvalue weighted by molar-refractivity contribution is -0.124. The van der Waals surface area contributed by atoms with Gasteiger partial charge in [-0.05, 0) is 87.0 Å². The van der Waals surface area contributed by atoms with Gasteiger partial charge in [0.05, 0.1) is 5.92 Å². The van der Waals surface area contributed by atoms with Crippen LogP contribution in [0, 0.1) is 17.8 Å². The molecular weight excluding hydrogens is 414 g/mol. The molecule has 0 bridgehead atoms. The normalized spacial score (nSPS) is 25.9. The molecule has 1 aromatic heterocycles. The molecule has 1 saturated carbocycles. The van der Waals surface area contributed by atoms with Crippen LogP contribution < -0.4 is 5.32 Å². The molecule has 3 heterocycles. The maximum atomic E-state index is 13.4. The number of benzene rings is 1. The van der Waals surface area contributed by atoms with Gasteiger partial charge in [-0.15, -0.1) is 0 Å². The van der Waals surface area contributed by atoms with Gasteiger partial charge >= 0.3 is 0 Å². The van der Waals surface area contributed by atoms with Crippen LogP contribution in [-0.4, -0.2) is 53.6 Å². The summed E-state index contributed by atoms with van der Waals surface area (Å²) in [7, 11) is 2.17. The zero-order valence-corrected chi connectivity index (χ0v) is 19.6. The Kier molecular flexibility index (Phi) is 5.44. The van der Waals surface area contributed by atoms with Crippen LogP contribution in [0.5, 0.6) is 0 Å². The highest BCUT2D eigenvalue weighted by molar-refractivity contribution is 6.00. The van der Waals surface area contributed by atoms with Gasteiger partial charge in [-0.1, -0.05) is 0 Å². The molecule has 2 aromatic rings. The fourth-order valence-electron chi connectivity index (χ4n) is 6.42. The molecular formula is C27H35N3O3. The van der Waals surface area contributed by atoms with E-state index in [0.29, 0.717) is 19.1 Å². The number of aryl methyl sites for hydroxylation is 1. The predicted octanol–water partition coefficient (Wildman–Crippen LogP) is 3.45. The van der Waals surface area contributed by atoms with E-state index in [1.165, 1.54) is 41.4 Å². The largest absolute Gasteiger partial charge is 0.381 e. The van der Waals surface area contributed by atoms with Gasteiger partial charge in [0, 0.05) is 61.6 Å². The number of nitrogens with zero attached hydrogens (tertiary/aromatic N) is 2. The minimum Gasteiger partial charge on any atom is -0.381 e. The minimum atomic E-state index is -0.0667. The fraction of sp³-hybridized carbons (Fsp3) is 0.630. The monoisotopic (exact) mass is 449 g/mol. The molecule has 2 atom stereocenters. The Morgan fingerprint density at radius 2 is 1.85 bits per heavy atom. The summed E-state index contributed by atoms with van der Waals surface area (Å²) in [4.78, 5) is 27.7. The quantitative estimate of drug-likeness (QED) is 0.778. The van der Waals surface area contributed by atoms with Crippen molar-refractivity contribution in [1.82, 2.24) is 14.8 Å². The smallest absolute Gasteiger partial charge is 0.253 e. The summed E-state index contributed by atoms with van der Waals surface area (Å²) in [6.07, 6.45) is 8.80. The zero-order chi connectivity index (χ0) is 22.5. The second-order valence-corrected chi connectivity index (χ2v) is 10.7. The molecule has 176 valence electrons. The SMILES string of the molecule is Cn1c2c(c3cc(C(=O)N4CC[C@H](C(=O)NC5CC5)C4)ccc31)CC(C1CCOCC1)CC2. The zero-order valence-electron chi connectivity index (χ0n) is 19.6. The van der Waals surface area contributed by atoms with E-state index in [1.807, 2.05) is 11.0 Å². The first-order valence-corrected chi connectivity index (χ1v) is 12.9. The lowest BCUT2D eigenvalue weighted by Crippen LogP contribution is -2.35. The summed E-state index contributed by atoms with van der Waals surface area (Å²) in [5.41, 5.74) is 4.88. The lowest BCUT2D eigenvalue weighted by atomic mass is 9.75. The Morgan fingerprint density at radius 1 is 1.03 bits per heavy atom. The lowest BCUT2D eigenvalue weighted by Gasteiger charge is -2.33. The summed E-state index contributed by atoms with van der Waals surface area (Å²) in [5.74, 6) is 1.60. The molecule has 1 N–H and O–H groups in total. The van der Waals surface area contributed by atoms with Crippen molar-refractivity contribution in [3.05, 3.63) is 35.0 Å². The van der Waals surface area contributed by atoms with Gasteiger partial charge in [0.25, 0.3) is 5.91 Å². The van der Waals surface area contributed by atoms with Gasteiger partial charge in [-0.2, -0.15) is 0 Å². The van der Waals surface area contributed by atoms with E-state index in [2.05, 4.69) is 29.1 Å². The van der Waals surface area contributed by atoms with Crippen LogP contribution in [0.25, 0.3) is 10.9 Å². The van der Waals surface area contributed by atoms with E-state index < -0.39 is 0 Å². The Hall–Kier alpha value is -2.34. The predicted molar refractivity (Wildman–Crippen MR) is 127 cm³/mol. The van der Waals surface area contributed by atoms with Gasteiger partial charge in [0.2, 0.25) is 5.91 Å². The maximum absolute atomic E-state index is 13.4. The second-order valence-electron chi connectivity index (χ2n) is 10.7. The Morgan fingerprint density at radius 3 is 2.64 bits per heavy atom. The summed E-state index contributed by atoms with van der Waals surface area (Å²) < 4.78 is 7.94. The third-order valence-corrected chi connectivity index (χ3v) is 8.60. The third-order valence-electron chi connectivity index (χ3n) is 8.60. The molecule has 0 spiro atoms. The van der Waals surface area contributed by atoms with Gasteiger partial charge < -0.3 is 19.5 Å². The molecule has 1 aromatic carbocycles. The number of fused-ring (bicyclic) bond motifs is 3. The molecule has 2 saturated heterocycles. The first-order chi connectivity index (χ1) is 16.1. The number of hydrogen-bond donors (Lipinski definition) is 1. The standard InChI is InChI=1S/C27H35N3O3/c1-29-24-6-2-18(17-9-12-33-13-10-17)14-22(24)23-15-19(3-7-25(23)29)27(32)30-11-8-20(16-30)26(31)28-21-4-5-21/h3,7,15,17-18,20-21H,2,4-6,8-14,16H2,1H3,(H,28,31)/t18?,20-/m0/s1. The molecule has 6 nitrogen and oxygen atoms in total. The molecule has 0 radical (unpaired) electrons. The summed E-state index contributed by atoms with van der Waals surface area (Å²) in [6, 6.07) is 6.60. The van der Waals surface area contributed by atoms with Gasteiger partial charge in [-0.3, -0.25) is 9.59 Å². The van der Waals surface area contributed by atoms with E-state index in [9.17, 15) is 9.59 Å². The molecule has 6 rings (SSSR count). The summed E-state index contributed by atoms with van der Waals surface area (Å²) in [5, 5.41) is 4.35. The second kappa shape index (κ2) is 8.46. The molecule has 33 heavy (non-hydrogen) atoms. The number of rotatable bonds is 4. The number of likely N-dealkylation sites (tertiary alicyclic amines) is 1. The van der Waals surface area contributed by atoms with Crippen molar-refractivity contribution < 1.29 is 14.3 Å². The number of carbonyl (C=O) groups excluding carboxylic acids is 2. The first-order valence-electron chi connectivity index (χ1n) is 12.9. The van der Waals surface area contributed by atoms with E-state index in [1.54, 1.807) is 0 Å². The van der Waals surface area contributed by atoms with Crippen molar-refractivity contribution in [2.24, 2.45) is 24.8 Å². The Balaban J connectivity index is 1.22. The van der Waals surface area contributed by atoms with Gasteiger partial charge in [-0.25, -0.2) is 0 Å². The summed E-state index contributed by atoms with van der Waals surface area (Å²) in [6.45, 7) is 3.00. The van der Waals surface area contributed by atoms with E-state index >= 15 is 0 Å². The highest BCUT2D eigenvalue weighted by Crippen LogP contribution is 2.39. The minimum absolute atomic E-state index is 0.0630. The van der Waals surface area contributed by atoms with Gasteiger partial charge in [0.1, 0.15) is 0 Å². The average molecular weight is 450 g/mol. The molecule has 2 aliphatic heterocycles. The van der Waals surface area contributed by atoms with Crippen molar-refractivity contribution in [3.8, 4) is 0 Å². The average Bonchev–Trinajstić information content (AvgIpc) is 3.45. The molecule has 1 unspecified atom stereocenters. The number of hydrogen-bond acceptors (Lipinski definition) is 3. The van der Waals surface area contributed by atoms with Crippen LogP contribution in [0.4, 0.5) is 0 Å². The third kappa shape index (κ3) is 3.96. The molecule has 3 fully saturated rings. The Labute approximate surface area is 195 Å². The maximum Gasteiger partial charge on any atom is 0.253 e. The van der Waals surface area contributed by atoms with Crippen LogP contribution in [0.1, 0.15) is 60.1 Å². The first kappa shape index (κ1) is 21.2. The highest BCUT2D eigenvalue weighted by Gasteiger charge is 2.35. The van der Waals surface area contributed by atoms with Crippen molar-refractivity contribution >= 4 is 22.7 Å². The number of amides is 2. The Bertz CT molecular complexity index is 1080. The summed E-state index contributed by atoms with van der Waals surface area (Å²) >= 11 is 0. The number of nitrogens with one attached hydrogen (secondary N) is 1. The molecule has 2 aliphatic carbocycles. The van der Waals surface area contributed by atoms with Crippen LogP contribution in [0.2, 0.25) is 0 Å². The van der Waals surface area contributed by atoms with E-state index in [4.69, 9.17) is 4.74 Å².